The smallest absolute Gasteiger partial charge is 0.289 e. The Hall–Kier alpha value is -4.08. The van der Waals surface area contributed by atoms with E-state index in [-0.39, 0.29) is 60.6 Å². The SMILES string of the molecule is CCOc1cc(C(=O)N2CCN(C(=O)c3cc4ccccc4o3)CC2)c([N+](=O)[O-])cc1OC. The van der Waals surface area contributed by atoms with Gasteiger partial charge >= 0.3 is 0 Å². The molecule has 0 saturated carbocycles. The van der Waals surface area contributed by atoms with Crippen molar-refractivity contribution < 1.29 is 28.4 Å². The van der Waals surface area contributed by atoms with Gasteiger partial charge in [-0.1, -0.05) is 18.2 Å². The van der Waals surface area contributed by atoms with Gasteiger partial charge in [0.15, 0.2) is 17.3 Å². The summed E-state index contributed by atoms with van der Waals surface area (Å²) in [5.74, 6) is -0.0781. The van der Waals surface area contributed by atoms with Gasteiger partial charge in [0.1, 0.15) is 11.1 Å². The number of fused-ring (bicyclic) bond motifs is 1. The molecule has 2 amide bonds. The van der Waals surface area contributed by atoms with E-state index in [0.717, 1.165) is 5.39 Å². The highest BCUT2D eigenvalue weighted by atomic mass is 16.6. The number of nitro groups is 1. The first kappa shape index (κ1) is 22.1. The summed E-state index contributed by atoms with van der Waals surface area (Å²) in [5.41, 5.74) is 0.189. The van der Waals surface area contributed by atoms with Crippen LogP contribution in [0.4, 0.5) is 5.69 Å². The normalized spacial score (nSPS) is 13.8. The number of methoxy groups -OCH3 is 1. The molecule has 2 heterocycles. The lowest BCUT2D eigenvalue weighted by atomic mass is 10.1. The molecule has 0 radical (unpaired) electrons. The molecule has 1 aliphatic heterocycles. The molecule has 4 rings (SSSR count). The van der Waals surface area contributed by atoms with Crippen LogP contribution in [0, 0.1) is 10.1 Å². The molecule has 0 aliphatic carbocycles. The minimum atomic E-state index is -0.618. The fourth-order valence-corrected chi connectivity index (χ4v) is 3.83. The number of nitrogens with zero attached hydrogens (tertiary/aromatic N) is 3. The van der Waals surface area contributed by atoms with Gasteiger partial charge < -0.3 is 23.7 Å². The van der Waals surface area contributed by atoms with Gasteiger partial charge in [-0.3, -0.25) is 19.7 Å². The Balaban J connectivity index is 1.50. The number of furan rings is 1. The number of amides is 2. The van der Waals surface area contributed by atoms with Crippen molar-refractivity contribution in [3.63, 3.8) is 0 Å². The quantitative estimate of drug-likeness (QED) is 0.415. The van der Waals surface area contributed by atoms with E-state index in [4.69, 9.17) is 13.9 Å². The average molecular weight is 453 g/mol. The number of piperazine rings is 1. The molecular weight excluding hydrogens is 430 g/mol. The van der Waals surface area contributed by atoms with Gasteiger partial charge in [-0.05, 0) is 19.1 Å². The second-order valence-corrected chi connectivity index (χ2v) is 7.44. The molecule has 0 N–H and O–H groups in total. The molecule has 1 fully saturated rings. The molecule has 10 nitrogen and oxygen atoms in total. The van der Waals surface area contributed by atoms with Crippen molar-refractivity contribution in [2.24, 2.45) is 0 Å². The molecule has 1 saturated heterocycles. The summed E-state index contributed by atoms with van der Waals surface area (Å²) in [4.78, 5) is 40.1. The van der Waals surface area contributed by atoms with E-state index >= 15 is 0 Å². The summed E-state index contributed by atoms with van der Waals surface area (Å²) in [6.07, 6.45) is 0. The van der Waals surface area contributed by atoms with Gasteiger partial charge in [0.25, 0.3) is 17.5 Å². The molecule has 33 heavy (non-hydrogen) atoms. The Bertz CT molecular complexity index is 1180. The van der Waals surface area contributed by atoms with Crippen molar-refractivity contribution >= 4 is 28.5 Å². The zero-order valence-corrected chi connectivity index (χ0v) is 18.3. The lowest BCUT2D eigenvalue weighted by Crippen LogP contribution is -2.50. The molecule has 0 bridgehead atoms. The predicted octanol–water partition coefficient (Wildman–Crippen LogP) is 3.35. The van der Waals surface area contributed by atoms with E-state index in [9.17, 15) is 19.7 Å². The van der Waals surface area contributed by atoms with Crippen LogP contribution in [0.25, 0.3) is 11.0 Å². The Labute approximate surface area is 189 Å². The Morgan fingerprint density at radius 3 is 2.30 bits per heavy atom. The molecule has 0 atom stereocenters. The van der Waals surface area contributed by atoms with Gasteiger partial charge in [-0.2, -0.15) is 0 Å². The molecule has 10 heteroatoms. The molecular formula is C23H23N3O7. The number of hydrogen-bond acceptors (Lipinski definition) is 7. The van der Waals surface area contributed by atoms with Gasteiger partial charge in [0, 0.05) is 37.6 Å². The predicted molar refractivity (Wildman–Crippen MR) is 119 cm³/mol. The van der Waals surface area contributed by atoms with Crippen LogP contribution in [0.1, 0.15) is 27.8 Å². The number of carbonyl (C=O) groups excluding carboxylic acids is 2. The highest BCUT2D eigenvalue weighted by molar-refractivity contribution is 6.00. The van der Waals surface area contributed by atoms with Gasteiger partial charge in [0.2, 0.25) is 0 Å². The number of hydrogen-bond donors (Lipinski definition) is 0. The first-order valence-corrected chi connectivity index (χ1v) is 10.5. The van der Waals surface area contributed by atoms with Crippen molar-refractivity contribution in [1.29, 1.82) is 0 Å². The first-order chi connectivity index (χ1) is 15.9. The molecule has 1 aliphatic rings. The summed E-state index contributed by atoms with van der Waals surface area (Å²) in [7, 11) is 1.38. The summed E-state index contributed by atoms with van der Waals surface area (Å²) in [6, 6.07) is 11.6. The molecule has 3 aromatic rings. The van der Waals surface area contributed by atoms with Crippen LogP contribution in [-0.4, -0.2) is 66.4 Å². The minimum Gasteiger partial charge on any atom is -0.493 e. The van der Waals surface area contributed by atoms with Crippen LogP contribution in [0.2, 0.25) is 0 Å². The van der Waals surface area contributed by atoms with Crippen molar-refractivity contribution in [2.75, 3.05) is 39.9 Å². The summed E-state index contributed by atoms with van der Waals surface area (Å²) >= 11 is 0. The highest BCUT2D eigenvalue weighted by Gasteiger charge is 2.31. The fourth-order valence-electron chi connectivity index (χ4n) is 3.83. The standard InChI is InChI=1S/C23H23N3O7/c1-3-32-20-13-16(17(26(29)30)14-19(20)31-2)22(27)24-8-10-25(11-9-24)23(28)21-12-15-6-4-5-7-18(15)33-21/h4-7,12-14H,3,8-11H2,1-2H3. The number of nitro benzene ring substituents is 1. The van der Waals surface area contributed by atoms with E-state index in [1.54, 1.807) is 24.0 Å². The molecule has 0 unspecified atom stereocenters. The zero-order valence-electron chi connectivity index (χ0n) is 18.3. The van der Waals surface area contributed by atoms with Crippen LogP contribution in [0.3, 0.4) is 0 Å². The Morgan fingerprint density at radius 2 is 1.70 bits per heavy atom. The van der Waals surface area contributed by atoms with Crippen LogP contribution < -0.4 is 9.47 Å². The Morgan fingerprint density at radius 1 is 1.03 bits per heavy atom. The summed E-state index contributed by atoms with van der Waals surface area (Å²) in [6.45, 7) is 3.11. The van der Waals surface area contributed by atoms with E-state index < -0.39 is 10.8 Å². The number of para-hydroxylation sites is 1. The molecule has 1 aromatic heterocycles. The van der Waals surface area contributed by atoms with E-state index in [1.165, 1.54) is 24.1 Å². The van der Waals surface area contributed by atoms with E-state index in [2.05, 4.69) is 0 Å². The van der Waals surface area contributed by atoms with Crippen LogP contribution in [-0.2, 0) is 0 Å². The third-order valence-electron chi connectivity index (χ3n) is 5.50. The summed E-state index contributed by atoms with van der Waals surface area (Å²) in [5, 5.41) is 12.4. The first-order valence-electron chi connectivity index (χ1n) is 10.5. The van der Waals surface area contributed by atoms with Crippen molar-refractivity contribution in [2.45, 2.75) is 6.92 Å². The van der Waals surface area contributed by atoms with Gasteiger partial charge in [-0.15, -0.1) is 0 Å². The summed E-state index contributed by atoms with van der Waals surface area (Å²) < 4.78 is 16.3. The molecule has 0 spiro atoms. The monoisotopic (exact) mass is 453 g/mol. The number of carbonyl (C=O) groups is 2. The van der Waals surface area contributed by atoms with Gasteiger partial charge in [0.05, 0.1) is 24.7 Å². The van der Waals surface area contributed by atoms with E-state index in [0.29, 0.717) is 12.2 Å². The fraction of sp³-hybridized carbons (Fsp3) is 0.304. The van der Waals surface area contributed by atoms with Crippen LogP contribution in [0.5, 0.6) is 11.5 Å². The zero-order chi connectivity index (χ0) is 23.5. The van der Waals surface area contributed by atoms with Crippen molar-refractivity contribution in [3.8, 4) is 11.5 Å². The van der Waals surface area contributed by atoms with Crippen LogP contribution >= 0.6 is 0 Å². The second kappa shape index (κ2) is 9.19. The lowest BCUT2D eigenvalue weighted by molar-refractivity contribution is -0.385. The molecule has 172 valence electrons. The topological polar surface area (TPSA) is 115 Å². The number of ether oxygens (including phenoxy) is 2. The largest absolute Gasteiger partial charge is 0.493 e. The maximum Gasteiger partial charge on any atom is 0.289 e. The van der Waals surface area contributed by atoms with Crippen molar-refractivity contribution in [1.82, 2.24) is 9.80 Å². The van der Waals surface area contributed by atoms with Gasteiger partial charge in [-0.25, -0.2) is 0 Å². The maximum absolute atomic E-state index is 13.1. The van der Waals surface area contributed by atoms with Crippen LogP contribution in [0.15, 0.2) is 46.9 Å². The average Bonchev–Trinajstić information content (AvgIpc) is 3.27. The Kier molecular flexibility index (Phi) is 6.16. The number of rotatable bonds is 6. The maximum atomic E-state index is 13.1. The third-order valence-corrected chi connectivity index (χ3v) is 5.50. The molecule has 2 aromatic carbocycles. The second-order valence-electron chi connectivity index (χ2n) is 7.44. The van der Waals surface area contributed by atoms with E-state index in [1.807, 2.05) is 18.2 Å². The highest BCUT2D eigenvalue weighted by Crippen LogP contribution is 2.35. The third kappa shape index (κ3) is 4.32. The van der Waals surface area contributed by atoms with Crippen molar-refractivity contribution in [3.05, 3.63) is 63.9 Å². The lowest BCUT2D eigenvalue weighted by Gasteiger charge is -2.34. The number of benzene rings is 2. The minimum absolute atomic E-state index is 0.0821.